The summed E-state index contributed by atoms with van der Waals surface area (Å²) in [6.45, 7) is 8.69. The molecule has 3 rings (SSSR count). The minimum atomic E-state index is 0.0858. The SMILES string of the molecule is C=C1CC(C)CC(/C(=C\C(=O)c2ccccc2)C2C=CC=CC2)=C1C. The number of rotatable bonds is 4. The molecule has 0 N–H and O–H groups in total. The number of benzene rings is 1. The predicted molar refractivity (Wildman–Crippen MR) is 105 cm³/mol. The van der Waals surface area contributed by atoms with E-state index in [2.05, 4.69) is 44.7 Å². The second-order valence-electron chi connectivity index (χ2n) is 7.21. The van der Waals surface area contributed by atoms with E-state index in [1.165, 1.54) is 22.3 Å². The average molecular weight is 330 g/mol. The molecule has 0 saturated heterocycles. The van der Waals surface area contributed by atoms with Crippen LogP contribution in [0.5, 0.6) is 0 Å². The summed E-state index contributed by atoms with van der Waals surface area (Å²) >= 11 is 0. The average Bonchev–Trinajstić information content (AvgIpc) is 2.64. The van der Waals surface area contributed by atoms with E-state index in [-0.39, 0.29) is 11.7 Å². The van der Waals surface area contributed by atoms with Crippen LogP contribution in [0.1, 0.15) is 43.5 Å². The van der Waals surface area contributed by atoms with Crippen LogP contribution in [-0.4, -0.2) is 5.78 Å². The van der Waals surface area contributed by atoms with Gasteiger partial charge < -0.3 is 0 Å². The lowest BCUT2D eigenvalue weighted by molar-refractivity contribution is 0.104. The van der Waals surface area contributed by atoms with Gasteiger partial charge in [-0.25, -0.2) is 0 Å². The van der Waals surface area contributed by atoms with Crippen LogP contribution in [-0.2, 0) is 0 Å². The van der Waals surface area contributed by atoms with Crippen LogP contribution in [0.2, 0.25) is 0 Å². The summed E-state index contributed by atoms with van der Waals surface area (Å²) in [5.74, 6) is 0.924. The lowest BCUT2D eigenvalue weighted by Gasteiger charge is -2.30. The molecule has 2 aliphatic carbocycles. The Labute approximate surface area is 151 Å². The smallest absolute Gasteiger partial charge is 0.186 e. The predicted octanol–water partition coefficient (Wildman–Crippen LogP) is 6.23. The zero-order valence-electron chi connectivity index (χ0n) is 15.2. The molecule has 25 heavy (non-hydrogen) atoms. The molecule has 128 valence electrons. The Kier molecular flexibility index (Phi) is 5.33. The molecule has 2 unspecified atom stereocenters. The molecule has 1 aromatic rings. The largest absolute Gasteiger partial charge is 0.289 e. The van der Waals surface area contributed by atoms with Crippen LogP contribution in [0, 0.1) is 11.8 Å². The second-order valence-corrected chi connectivity index (χ2v) is 7.21. The highest BCUT2D eigenvalue weighted by Gasteiger charge is 2.25. The molecule has 0 aliphatic heterocycles. The number of carbonyl (C=O) groups excluding carboxylic acids is 1. The summed E-state index contributed by atoms with van der Waals surface area (Å²) in [5, 5.41) is 0. The molecule has 0 spiro atoms. The minimum absolute atomic E-state index is 0.0858. The van der Waals surface area contributed by atoms with Crippen molar-refractivity contribution in [2.75, 3.05) is 0 Å². The lowest BCUT2D eigenvalue weighted by Crippen LogP contribution is -2.15. The Balaban J connectivity index is 2.04. The molecule has 1 aromatic carbocycles. The van der Waals surface area contributed by atoms with Crippen molar-refractivity contribution in [1.29, 1.82) is 0 Å². The molecule has 0 aromatic heterocycles. The van der Waals surface area contributed by atoms with Crippen LogP contribution in [0.4, 0.5) is 0 Å². The van der Waals surface area contributed by atoms with Crippen molar-refractivity contribution < 1.29 is 4.79 Å². The maximum Gasteiger partial charge on any atom is 0.186 e. The molecule has 2 atom stereocenters. The summed E-state index contributed by atoms with van der Waals surface area (Å²) in [4.78, 5) is 12.8. The fourth-order valence-electron chi connectivity index (χ4n) is 3.75. The first-order chi connectivity index (χ1) is 12.1. The van der Waals surface area contributed by atoms with E-state index in [1.54, 1.807) is 0 Å². The molecular formula is C24H26O. The van der Waals surface area contributed by atoms with Gasteiger partial charge in [0, 0.05) is 11.5 Å². The molecular weight excluding hydrogens is 304 g/mol. The maximum atomic E-state index is 12.8. The van der Waals surface area contributed by atoms with E-state index in [0.717, 1.165) is 24.8 Å². The highest BCUT2D eigenvalue weighted by Crippen LogP contribution is 2.40. The summed E-state index contributed by atoms with van der Waals surface area (Å²) in [6.07, 6.45) is 13.5. The van der Waals surface area contributed by atoms with Crippen LogP contribution >= 0.6 is 0 Å². The number of ketones is 1. The third-order valence-electron chi connectivity index (χ3n) is 5.20. The van der Waals surface area contributed by atoms with Crippen LogP contribution in [0.15, 0.2) is 89.6 Å². The van der Waals surface area contributed by atoms with Crippen LogP contribution < -0.4 is 0 Å². The first-order valence-electron chi connectivity index (χ1n) is 9.09. The number of hydrogen-bond donors (Lipinski definition) is 0. The van der Waals surface area contributed by atoms with Crippen molar-refractivity contribution in [1.82, 2.24) is 0 Å². The first kappa shape index (κ1) is 17.4. The lowest BCUT2D eigenvalue weighted by atomic mass is 9.75. The number of hydrogen-bond acceptors (Lipinski definition) is 1. The topological polar surface area (TPSA) is 17.1 Å². The van der Waals surface area contributed by atoms with Gasteiger partial charge in [0.1, 0.15) is 0 Å². The van der Waals surface area contributed by atoms with Gasteiger partial charge in [-0.15, -0.1) is 0 Å². The fraction of sp³-hybridized carbons (Fsp3) is 0.292. The van der Waals surface area contributed by atoms with E-state index in [4.69, 9.17) is 0 Å². The molecule has 0 radical (unpaired) electrons. The van der Waals surface area contributed by atoms with E-state index >= 15 is 0 Å². The number of carbonyl (C=O) groups is 1. The van der Waals surface area contributed by atoms with Gasteiger partial charge in [0.2, 0.25) is 0 Å². The molecule has 0 bridgehead atoms. The monoisotopic (exact) mass is 330 g/mol. The normalized spacial score (nSPS) is 23.9. The Morgan fingerprint density at radius 2 is 1.92 bits per heavy atom. The van der Waals surface area contributed by atoms with E-state index in [9.17, 15) is 4.79 Å². The van der Waals surface area contributed by atoms with Gasteiger partial charge in [-0.3, -0.25) is 4.79 Å². The van der Waals surface area contributed by atoms with Gasteiger partial charge >= 0.3 is 0 Å². The van der Waals surface area contributed by atoms with Gasteiger partial charge in [0.15, 0.2) is 5.78 Å². The van der Waals surface area contributed by atoms with E-state index in [1.807, 2.05) is 36.4 Å². The van der Waals surface area contributed by atoms with Crippen molar-refractivity contribution in [2.24, 2.45) is 11.8 Å². The van der Waals surface area contributed by atoms with Crippen LogP contribution in [0.3, 0.4) is 0 Å². The fourth-order valence-corrected chi connectivity index (χ4v) is 3.75. The summed E-state index contributed by atoms with van der Waals surface area (Å²) < 4.78 is 0. The molecule has 2 aliphatic rings. The van der Waals surface area contributed by atoms with Crippen molar-refractivity contribution >= 4 is 5.78 Å². The van der Waals surface area contributed by atoms with Gasteiger partial charge in [-0.05, 0) is 54.9 Å². The molecule has 0 saturated carbocycles. The summed E-state index contributed by atoms with van der Waals surface area (Å²) in [5.41, 5.74) is 5.71. The second kappa shape index (κ2) is 7.65. The van der Waals surface area contributed by atoms with Gasteiger partial charge in [0.05, 0.1) is 0 Å². The molecule has 1 heteroatoms. The standard InChI is InChI=1S/C24H26O/c1-17-14-18(2)19(3)22(15-17)23(20-10-6-4-7-11-20)16-24(25)21-12-8-5-9-13-21/h4-10,12-13,16-17,20H,2,11,14-15H2,1,3H3/b23-16-. The maximum absolute atomic E-state index is 12.8. The van der Waals surface area contributed by atoms with Crippen molar-refractivity contribution in [3.05, 3.63) is 95.1 Å². The van der Waals surface area contributed by atoms with Gasteiger partial charge in [-0.2, -0.15) is 0 Å². The highest BCUT2D eigenvalue weighted by atomic mass is 16.1. The first-order valence-corrected chi connectivity index (χ1v) is 9.09. The third-order valence-corrected chi connectivity index (χ3v) is 5.20. The van der Waals surface area contributed by atoms with Gasteiger partial charge in [0.25, 0.3) is 0 Å². The van der Waals surface area contributed by atoms with E-state index < -0.39 is 0 Å². The van der Waals surface area contributed by atoms with E-state index in [0.29, 0.717) is 5.92 Å². The quantitative estimate of drug-likeness (QED) is 0.472. The Morgan fingerprint density at radius 1 is 1.16 bits per heavy atom. The van der Waals surface area contributed by atoms with Crippen molar-refractivity contribution in [3.63, 3.8) is 0 Å². The summed E-state index contributed by atoms with van der Waals surface area (Å²) in [7, 11) is 0. The third kappa shape index (κ3) is 3.99. The highest BCUT2D eigenvalue weighted by molar-refractivity contribution is 6.05. The number of allylic oxidation sites excluding steroid dienone is 9. The summed E-state index contributed by atoms with van der Waals surface area (Å²) in [6, 6.07) is 9.54. The zero-order chi connectivity index (χ0) is 17.8. The molecule has 1 nitrogen and oxygen atoms in total. The molecule has 0 amide bonds. The minimum Gasteiger partial charge on any atom is -0.289 e. The Morgan fingerprint density at radius 3 is 2.60 bits per heavy atom. The molecule has 0 fully saturated rings. The Hall–Kier alpha value is -2.41. The van der Waals surface area contributed by atoms with Gasteiger partial charge in [-0.1, -0.05) is 73.7 Å². The van der Waals surface area contributed by atoms with Crippen LogP contribution in [0.25, 0.3) is 0 Å². The molecule has 0 heterocycles. The Bertz CT molecular complexity index is 787. The van der Waals surface area contributed by atoms with Crippen molar-refractivity contribution in [2.45, 2.75) is 33.1 Å². The van der Waals surface area contributed by atoms with Crippen molar-refractivity contribution in [3.8, 4) is 0 Å². The zero-order valence-corrected chi connectivity index (χ0v) is 15.2.